The zero-order valence-corrected chi connectivity index (χ0v) is 16.2. The molecule has 3 aliphatic carbocycles. The third kappa shape index (κ3) is 2.21. The molecule has 4 fully saturated rings. The summed E-state index contributed by atoms with van der Waals surface area (Å²) in [6.45, 7) is 15.8. The van der Waals surface area contributed by atoms with E-state index in [9.17, 15) is 9.90 Å². The monoisotopic (exact) mass is 346 g/mol. The number of carbonyl (C=O) groups is 1. The van der Waals surface area contributed by atoms with E-state index < -0.39 is 10.9 Å². The first-order valence-electron chi connectivity index (χ1n) is 9.69. The van der Waals surface area contributed by atoms with Gasteiger partial charge in [-0.1, -0.05) is 0 Å². The summed E-state index contributed by atoms with van der Waals surface area (Å²) in [7, 11) is 0. The summed E-state index contributed by atoms with van der Waals surface area (Å²) in [5.41, 5.74) is -0.987. The Morgan fingerprint density at radius 2 is 2.04 bits per heavy atom. The summed E-state index contributed by atoms with van der Waals surface area (Å²) in [6.07, 6.45) is 3.73. The molecule has 0 aromatic carbocycles. The zero-order valence-electron chi connectivity index (χ0n) is 16.2. The molecule has 1 aliphatic heterocycles. The Balaban J connectivity index is 1.66. The molecule has 4 nitrogen and oxygen atoms in total. The van der Waals surface area contributed by atoms with Crippen LogP contribution < -0.4 is 0 Å². The van der Waals surface area contributed by atoms with Crippen LogP contribution in [0.3, 0.4) is 0 Å². The first-order chi connectivity index (χ1) is 11.4. The zero-order chi connectivity index (χ0) is 18.4. The van der Waals surface area contributed by atoms with Crippen LogP contribution in [0.25, 0.3) is 0 Å². The SMILES string of the molecule is C=BC(C)(C(C)OC12CC3OC(=O)C4CC(C)(CC1C34)C2)C(C)(C)O. The van der Waals surface area contributed by atoms with Gasteiger partial charge in [0.15, 0.2) is 0 Å². The van der Waals surface area contributed by atoms with E-state index in [0.717, 1.165) is 25.7 Å². The molecule has 0 radical (unpaired) electrons. The van der Waals surface area contributed by atoms with Gasteiger partial charge in [0.05, 0.1) is 0 Å². The van der Waals surface area contributed by atoms with Gasteiger partial charge in [0.2, 0.25) is 0 Å². The summed E-state index contributed by atoms with van der Waals surface area (Å²) in [4.78, 5) is 12.3. The van der Waals surface area contributed by atoms with Crippen molar-refractivity contribution in [3.8, 4) is 0 Å². The van der Waals surface area contributed by atoms with Gasteiger partial charge in [-0.25, -0.2) is 0 Å². The number of hydrogen-bond donors (Lipinski definition) is 1. The number of hydrogen-bond acceptors (Lipinski definition) is 4. The molecule has 1 N–H and O–H groups in total. The van der Waals surface area contributed by atoms with Crippen molar-refractivity contribution in [1.29, 1.82) is 0 Å². The second-order valence-corrected chi connectivity index (χ2v) is 10.2. The van der Waals surface area contributed by atoms with Crippen LogP contribution >= 0.6 is 0 Å². The quantitative estimate of drug-likeness (QED) is 0.614. The van der Waals surface area contributed by atoms with Crippen molar-refractivity contribution in [3.05, 3.63) is 0 Å². The summed E-state index contributed by atoms with van der Waals surface area (Å²) in [5.74, 6) is 0.803. The first-order valence-corrected chi connectivity index (χ1v) is 9.69. The first kappa shape index (κ1) is 17.7. The molecular formula is C20H31BO4. The van der Waals surface area contributed by atoms with E-state index in [1.54, 1.807) is 0 Å². The van der Waals surface area contributed by atoms with Crippen molar-refractivity contribution in [1.82, 2.24) is 0 Å². The Morgan fingerprint density at radius 3 is 2.64 bits per heavy atom. The van der Waals surface area contributed by atoms with E-state index in [0.29, 0.717) is 11.8 Å². The average molecular weight is 346 g/mol. The third-order valence-electron chi connectivity index (χ3n) is 8.30. The van der Waals surface area contributed by atoms with Crippen molar-refractivity contribution in [2.75, 3.05) is 0 Å². The Labute approximate surface area is 151 Å². The molecule has 2 bridgehead atoms. The normalized spacial score (nSPS) is 48.0. The van der Waals surface area contributed by atoms with Crippen molar-refractivity contribution in [2.45, 2.75) is 89.0 Å². The second-order valence-electron chi connectivity index (χ2n) is 10.2. The van der Waals surface area contributed by atoms with Crippen LogP contribution in [0.2, 0.25) is 5.31 Å². The Morgan fingerprint density at radius 1 is 1.36 bits per heavy atom. The van der Waals surface area contributed by atoms with Crippen molar-refractivity contribution in [3.63, 3.8) is 0 Å². The van der Waals surface area contributed by atoms with Crippen LogP contribution in [0.1, 0.15) is 60.3 Å². The number of aliphatic hydroxyl groups is 1. The molecule has 0 amide bonds. The van der Waals surface area contributed by atoms with Crippen molar-refractivity contribution in [2.24, 2.45) is 23.2 Å². The minimum absolute atomic E-state index is 0.0156. The molecule has 8 unspecified atom stereocenters. The Hall–Kier alpha value is -0.675. The van der Waals surface area contributed by atoms with Crippen LogP contribution in [0.5, 0.6) is 0 Å². The Kier molecular flexibility index (Phi) is 3.53. The second kappa shape index (κ2) is 4.98. The molecule has 0 aromatic rings. The van der Waals surface area contributed by atoms with E-state index in [-0.39, 0.29) is 35.1 Å². The van der Waals surface area contributed by atoms with E-state index in [4.69, 9.17) is 9.47 Å². The van der Waals surface area contributed by atoms with Crippen LogP contribution in [0, 0.1) is 23.2 Å². The Bertz CT molecular complexity index is 628. The number of ether oxygens (including phenoxy) is 2. The predicted molar refractivity (Wildman–Crippen MR) is 97.7 cm³/mol. The molecular weight excluding hydrogens is 315 g/mol. The van der Waals surface area contributed by atoms with Gasteiger partial charge in [0, 0.05) is 0 Å². The predicted octanol–water partition coefficient (Wildman–Crippen LogP) is 2.60. The molecule has 138 valence electrons. The fourth-order valence-corrected chi connectivity index (χ4v) is 6.61. The van der Waals surface area contributed by atoms with Gasteiger partial charge < -0.3 is 0 Å². The van der Waals surface area contributed by atoms with Crippen LogP contribution in [0.4, 0.5) is 0 Å². The average Bonchev–Trinajstić information content (AvgIpc) is 3.01. The van der Waals surface area contributed by atoms with Crippen LogP contribution in [0.15, 0.2) is 0 Å². The summed E-state index contributed by atoms with van der Waals surface area (Å²) < 4.78 is 12.6. The van der Waals surface area contributed by atoms with Crippen molar-refractivity contribution >= 4 is 19.4 Å². The van der Waals surface area contributed by atoms with E-state index in [2.05, 4.69) is 20.3 Å². The molecule has 1 saturated heterocycles. The molecule has 8 atom stereocenters. The summed E-state index contributed by atoms with van der Waals surface area (Å²) in [6, 6.07) is 0. The molecule has 5 heteroatoms. The molecule has 4 aliphatic rings. The van der Waals surface area contributed by atoms with Gasteiger partial charge in [-0.15, -0.1) is 0 Å². The fourth-order valence-electron chi connectivity index (χ4n) is 6.61. The van der Waals surface area contributed by atoms with Gasteiger partial charge >= 0.3 is 151 Å². The van der Waals surface area contributed by atoms with Gasteiger partial charge in [-0.05, 0) is 0 Å². The van der Waals surface area contributed by atoms with E-state index >= 15 is 0 Å². The van der Waals surface area contributed by atoms with Gasteiger partial charge in [0.25, 0.3) is 0 Å². The fraction of sp³-hybridized carbons (Fsp3) is 0.900. The topological polar surface area (TPSA) is 55.8 Å². The molecule has 0 spiro atoms. The number of fused-ring (bicyclic) bond motifs is 1. The van der Waals surface area contributed by atoms with Gasteiger partial charge in [-0.3, -0.25) is 0 Å². The summed E-state index contributed by atoms with van der Waals surface area (Å²) in [5, 5.41) is 10.2. The minimum atomic E-state index is -0.925. The van der Waals surface area contributed by atoms with Crippen molar-refractivity contribution < 1.29 is 19.4 Å². The number of carbonyl (C=O) groups excluding carboxylic acids is 1. The number of esters is 1. The molecule has 1 heterocycles. The third-order valence-corrected chi connectivity index (χ3v) is 8.30. The van der Waals surface area contributed by atoms with E-state index in [1.165, 1.54) is 0 Å². The maximum absolute atomic E-state index is 12.3. The van der Waals surface area contributed by atoms with Gasteiger partial charge in [-0.2, -0.15) is 0 Å². The number of rotatable bonds is 5. The van der Waals surface area contributed by atoms with Gasteiger partial charge in [0.1, 0.15) is 0 Å². The van der Waals surface area contributed by atoms with E-state index in [1.807, 2.05) is 27.7 Å². The van der Waals surface area contributed by atoms with Crippen LogP contribution in [-0.4, -0.2) is 47.9 Å². The molecule has 3 saturated carbocycles. The molecule has 4 rings (SSSR count). The van der Waals surface area contributed by atoms with Crippen LogP contribution in [-0.2, 0) is 14.3 Å². The molecule has 0 aromatic heterocycles. The summed E-state index contributed by atoms with van der Waals surface area (Å²) >= 11 is 0. The standard InChI is InChI=1S/C20H31BO4/c1-11(19(5,21-6)17(2,3)23)25-20-9-14-15-12(16(22)24-14)7-18(4,10-20)8-13(15)20/h11-15,23H,6-10H2,1-5H3. The molecule has 25 heavy (non-hydrogen) atoms. The maximum atomic E-state index is 12.3.